The van der Waals surface area contributed by atoms with Gasteiger partial charge in [0.2, 0.25) is 5.88 Å². The molecule has 1 aromatic rings. The summed E-state index contributed by atoms with van der Waals surface area (Å²) >= 11 is 0. The highest BCUT2D eigenvalue weighted by Gasteiger charge is 2.09. The zero-order chi connectivity index (χ0) is 15.0. The monoisotopic (exact) mass is 280 g/mol. The first kappa shape index (κ1) is 16.9. The summed E-state index contributed by atoms with van der Waals surface area (Å²) in [7, 11) is 0. The van der Waals surface area contributed by atoms with E-state index >= 15 is 0 Å². The van der Waals surface area contributed by atoms with Crippen LogP contribution in [-0.4, -0.2) is 30.3 Å². The highest BCUT2D eigenvalue weighted by molar-refractivity contribution is 5.15. The Balaban J connectivity index is 2.32. The maximum absolute atomic E-state index is 5.61. The van der Waals surface area contributed by atoms with Crippen LogP contribution in [0.5, 0.6) is 5.88 Å². The van der Waals surface area contributed by atoms with Gasteiger partial charge in [-0.15, -0.1) is 0 Å². The average molecular weight is 280 g/mol. The van der Waals surface area contributed by atoms with Gasteiger partial charge in [-0.3, -0.25) is 0 Å². The molecule has 0 aliphatic rings. The quantitative estimate of drug-likeness (QED) is 0.743. The predicted octanol–water partition coefficient (Wildman–Crippen LogP) is 3.02. The van der Waals surface area contributed by atoms with Gasteiger partial charge in [0.15, 0.2) is 0 Å². The summed E-state index contributed by atoms with van der Waals surface area (Å²) < 4.78 is 11.2. The van der Waals surface area contributed by atoms with Crippen LogP contribution in [0.3, 0.4) is 0 Å². The molecule has 0 atom stereocenters. The molecule has 0 bridgehead atoms. The van der Waals surface area contributed by atoms with E-state index in [4.69, 9.17) is 9.47 Å². The first-order valence-electron chi connectivity index (χ1n) is 7.30. The smallest absolute Gasteiger partial charge is 0.213 e. The third kappa shape index (κ3) is 8.12. The van der Waals surface area contributed by atoms with Crippen LogP contribution >= 0.6 is 0 Å². The van der Waals surface area contributed by atoms with E-state index in [-0.39, 0.29) is 5.60 Å². The molecule has 0 fully saturated rings. The third-order valence-corrected chi connectivity index (χ3v) is 2.51. The topological polar surface area (TPSA) is 43.4 Å². The normalized spacial score (nSPS) is 11.9. The van der Waals surface area contributed by atoms with Crippen molar-refractivity contribution >= 4 is 0 Å². The van der Waals surface area contributed by atoms with Crippen molar-refractivity contribution in [2.45, 2.75) is 46.8 Å². The van der Waals surface area contributed by atoms with Crippen LogP contribution in [0.2, 0.25) is 0 Å². The van der Waals surface area contributed by atoms with Crippen molar-refractivity contribution in [2.24, 2.45) is 5.92 Å². The average Bonchev–Trinajstić information content (AvgIpc) is 2.34. The minimum absolute atomic E-state index is 0.126. The summed E-state index contributed by atoms with van der Waals surface area (Å²) in [6.07, 6.45) is 0. The molecular weight excluding hydrogens is 252 g/mol. The summed E-state index contributed by atoms with van der Waals surface area (Å²) in [5, 5.41) is 3.37. The van der Waals surface area contributed by atoms with E-state index in [2.05, 4.69) is 24.1 Å². The zero-order valence-corrected chi connectivity index (χ0v) is 13.4. The molecule has 4 heteroatoms. The van der Waals surface area contributed by atoms with Gasteiger partial charge in [-0.25, -0.2) is 4.98 Å². The fourth-order valence-electron chi connectivity index (χ4n) is 1.62. The predicted molar refractivity (Wildman–Crippen MR) is 82.0 cm³/mol. The number of rotatable bonds is 8. The molecule has 0 amide bonds. The van der Waals surface area contributed by atoms with Crippen LogP contribution in [0.1, 0.15) is 40.3 Å². The van der Waals surface area contributed by atoms with Crippen molar-refractivity contribution in [2.75, 3.05) is 19.8 Å². The molecular formula is C16H28N2O2. The zero-order valence-electron chi connectivity index (χ0n) is 13.4. The van der Waals surface area contributed by atoms with Gasteiger partial charge in [0, 0.05) is 12.6 Å². The van der Waals surface area contributed by atoms with Crippen LogP contribution in [-0.2, 0) is 11.3 Å². The molecule has 0 unspecified atom stereocenters. The number of nitrogens with one attached hydrogen (secondary N) is 1. The largest absolute Gasteiger partial charge is 0.475 e. The molecule has 1 heterocycles. The fourth-order valence-corrected chi connectivity index (χ4v) is 1.62. The molecule has 0 aliphatic carbocycles. The van der Waals surface area contributed by atoms with E-state index in [0.29, 0.717) is 25.0 Å². The second-order valence-electron chi connectivity index (χ2n) is 6.30. The van der Waals surface area contributed by atoms with Crippen molar-refractivity contribution < 1.29 is 9.47 Å². The number of aromatic nitrogens is 1. The van der Waals surface area contributed by atoms with Crippen LogP contribution in [0.15, 0.2) is 18.2 Å². The van der Waals surface area contributed by atoms with Gasteiger partial charge in [-0.05, 0) is 39.3 Å². The van der Waals surface area contributed by atoms with Crippen LogP contribution in [0.4, 0.5) is 0 Å². The van der Waals surface area contributed by atoms with Gasteiger partial charge in [-0.1, -0.05) is 19.9 Å². The molecule has 1 N–H and O–H groups in total. The molecule has 0 radical (unpaired) electrons. The Morgan fingerprint density at radius 3 is 2.60 bits per heavy atom. The van der Waals surface area contributed by atoms with Crippen LogP contribution < -0.4 is 10.1 Å². The van der Waals surface area contributed by atoms with Gasteiger partial charge in [-0.2, -0.15) is 0 Å². The first-order chi connectivity index (χ1) is 9.37. The molecule has 1 rings (SSSR count). The second-order valence-corrected chi connectivity index (χ2v) is 6.30. The Morgan fingerprint density at radius 2 is 1.95 bits per heavy atom. The summed E-state index contributed by atoms with van der Waals surface area (Å²) in [5.74, 6) is 1.30. The number of hydrogen-bond acceptors (Lipinski definition) is 4. The Labute approximate surface area is 122 Å². The lowest BCUT2D eigenvalue weighted by Gasteiger charge is -2.19. The second kappa shape index (κ2) is 8.22. The Kier molecular flexibility index (Phi) is 6.96. The van der Waals surface area contributed by atoms with Crippen molar-refractivity contribution in [3.8, 4) is 5.88 Å². The molecule has 0 spiro atoms. The lowest BCUT2D eigenvalue weighted by Crippen LogP contribution is -2.22. The maximum atomic E-state index is 5.61. The van der Waals surface area contributed by atoms with E-state index < -0.39 is 0 Å². The molecule has 4 nitrogen and oxygen atoms in total. The van der Waals surface area contributed by atoms with Crippen molar-refractivity contribution in [3.05, 3.63) is 23.9 Å². The van der Waals surface area contributed by atoms with Crippen molar-refractivity contribution in [1.82, 2.24) is 10.3 Å². The fraction of sp³-hybridized carbons (Fsp3) is 0.688. The van der Waals surface area contributed by atoms with E-state index in [1.807, 2.05) is 39.0 Å². The van der Waals surface area contributed by atoms with E-state index in [9.17, 15) is 0 Å². The summed E-state index contributed by atoms with van der Waals surface area (Å²) in [4.78, 5) is 4.46. The lowest BCUT2D eigenvalue weighted by atomic mass is 10.2. The van der Waals surface area contributed by atoms with Crippen LogP contribution in [0.25, 0.3) is 0 Å². The van der Waals surface area contributed by atoms with Crippen LogP contribution in [0, 0.1) is 5.92 Å². The summed E-state index contributed by atoms with van der Waals surface area (Å²) in [5.41, 5.74) is 0.874. The van der Waals surface area contributed by atoms with Gasteiger partial charge in [0.25, 0.3) is 0 Å². The Bertz CT molecular complexity index is 386. The molecule has 114 valence electrons. The Morgan fingerprint density at radius 1 is 1.20 bits per heavy atom. The van der Waals surface area contributed by atoms with Gasteiger partial charge in [0.1, 0.15) is 6.61 Å². The number of pyridine rings is 1. The molecule has 0 saturated heterocycles. The molecule has 1 aromatic heterocycles. The van der Waals surface area contributed by atoms with E-state index in [1.165, 1.54) is 0 Å². The standard InChI is InChI=1S/C16H28N2O2/c1-13(2)11-17-12-14-7-6-8-15(18-14)19-9-10-20-16(3,4)5/h6-8,13,17H,9-12H2,1-5H3. The highest BCUT2D eigenvalue weighted by Crippen LogP contribution is 2.09. The van der Waals surface area contributed by atoms with Gasteiger partial charge >= 0.3 is 0 Å². The first-order valence-corrected chi connectivity index (χ1v) is 7.30. The molecule has 0 saturated carbocycles. The van der Waals surface area contributed by atoms with E-state index in [1.54, 1.807) is 0 Å². The van der Waals surface area contributed by atoms with Crippen molar-refractivity contribution in [3.63, 3.8) is 0 Å². The molecule has 0 aliphatic heterocycles. The van der Waals surface area contributed by atoms with Gasteiger partial charge in [0.05, 0.1) is 17.9 Å². The van der Waals surface area contributed by atoms with Gasteiger partial charge < -0.3 is 14.8 Å². The molecule has 20 heavy (non-hydrogen) atoms. The molecule has 0 aromatic carbocycles. The lowest BCUT2D eigenvalue weighted by molar-refractivity contribution is -0.0168. The summed E-state index contributed by atoms with van der Waals surface area (Å²) in [6.45, 7) is 13.3. The minimum Gasteiger partial charge on any atom is -0.475 e. The number of hydrogen-bond donors (Lipinski definition) is 1. The summed E-state index contributed by atoms with van der Waals surface area (Å²) in [6, 6.07) is 5.86. The van der Waals surface area contributed by atoms with E-state index in [0.717, 1.165) is 18.8 Å². The SMILES string of the molecule is CC(C)CNCc1cccc(OCCOC(C)(C)C)n1. The minimum atomic E-state index is -0.126. The number of nitrogens with zero attached hydrogens (tertiary/aromatic N) is 1. The third-order valence-electron chi connectivity index (χ3n) is 2.51. The van der Waals surface area contributed by atoms with Crippen molar-refractivity contribution in [1.29, 1.82) is 0 Å². The highest BCUT2D eigenvalue weighted by atomic mass is 16.5. The Hall–Kier alpha value is -1.13. The number of ether oxygens (including phenoxy) is 2. The maximum Gasteiger partial charge on any atom is 0.213 e.